The predicted octanol–water partition coefficient (Wildman–Crippen LogP) is 2.51. The van der Waals surface area contributed by atoms with Gasteiger partial charge in [-0.05, 0) is 5.92 Å². The lowest BCUT2D eigenvalue weighted by atomic mass is 9.96. The molecule has 0 aliphatic rings. The third kappa shape index (κ3) is 5.03. The Kier molecular flexibility index (Phi) is 5.54. The van der Waals surface area contributed by atoms with Gasteiger partial charge in [-0.1, -0.05) is 27.7 Å². The van der Waals surface area contributed by atoms with Crippen molar-refractivity contribution < 1.29 is 4.74 Å². The van der Waals surface area contributed by atoms with Crippen LogP contribution in [-0.4, -0.2) is 37.3 Å². The largest absolute Gasteiger partial charge is 0.384 e. The first-order valence-electron chi connectivity index (χ1n) is 6.67. The molecule has 0 amide bonds. The highest BCUT2D eigenvalue weighted by atomic mass is 16.5. The third-order valence-electron chi connectivity index (χ3n) is 2.74. The maximum Gasteiger partial charge on any atom is 0.138 e. The van der Waals surface area contributed by atoms with Crippen LogP contribution in [0.4, 0.5) is 11.6 Å². The van der Waals surface area contributed by atoms with Crippen molar-refractivity contribution in [3.05, 3.63) is 11.9 Å². The van der Waals surface area contributed by atoms with E-state index in [1.807, 2.05) is 13.1 Å². The molecule has 1 rings (SSSR count). The number of nitrogens with one attached hydrogen (secondary N) is 2. The van der Waals surface area contributed by atoms with Gasteiger partial charge in [-0.2, -0.15) is 0 Å². The molecule has 0 radical (unpaired) electrons. The minimum atomic E-state index is -0.0680. The lowest BCUT2D eigenvalue weighted by Gasteiger charge is -2.19. The minimum absolute atomic E-state index is 0.0680. The number of ether oxygens (including phenoxy) is 1. The van der Waals surface area contributed by atoms with Crippen molar-refractivity contribution in [1.82, 2.24) is 9.97 Å². The van der Waals surface area contributed by atoms with Gasteiger partial charge in [-0.25, -0.2) is 9.97 Å². The molecule has 5 heteroatoms. The summed E-state index contributed by atoms with van der Waals surface area (Å²) in [6.07, 6.45) is 0. The zero-order chi connectivity index (χ0) is 14.5. The van der Waals surface area contributed by atoms with E-state index in [1.54, 1.807) is 7.11 Å². The van der Waals surface area contributed by atoms with E-state index in [0.717, 1.165) is 30.6 Å². The van der Waals surface area contributed by atoms with E-state index in [-0.39, 0.29) is 5.41 Å². The van der Waals surface area contributed by atoms with Crippen LogP contribution in [-0.2, 0) is 10.2 Å². The Morgan fingerprint density at radius 1 is 1.26 bits per heavy atom. The molecule has 19 heavy (non-hydrogen) atoms. The van der Waals surface area contributed by atoms with Gasteiger partial charge in [0.15, 0.2) is 0 Å². The summed E-state index contributed by atoms with van der Waals surface area (Å²) < 4.78 is 5.13. The molecule has 0 aliphatic heterocycles. The Bertz CT molecular complexity index is 401. The Labute approximate surface area is 116 Å². The fourth-order valence-corrected chi connectivity index (χ4v) is 1.62. The lowest BCUT2D eigenvalue weighted by Crippen LogP contribution is -2.20. The van der Waals surface area contributed by atoms with Crippen molar-refractivity contribution >= 4 is 11.6 Å². The fraction of sp³-hybridized carbons (Fsp3) is 0.714. The van der Waals surface area contributed by atoms with E-state index >= 15 is 0 Å². The van der Waals surface area contributed by atoms with E-state index < -0.39 is 0 Å². The summed E-state index contributed by atoms with van der Waals surface area (Å²) in [5.41, 5.74) is -0.0680. The summed E-state index contributed by atoms with van der Waals surface area (Å²) in [4.78, 5) is 9.08. The Morgan fingerprint density at radius 2 is 1.89 bits per heavy atom. The summed E-state index contributed by atoms with van der Waals surface area (Å²) in [5, 5.41) is 6.42. The summed E-state index contributed by atoms with van der Waals surface area (Å²) in [5.74, 6) is 2.96. The van der Waals surface area contributed by atoms with E-state index in [1.165, 1.54) is 0 Å². The number of anilines is 2. The molecule has 0 saturated heterocycles. The molecule has 0 aliphatic carbocycles. The first-order valence-corrected chi connectivity index (χ1v) is 6.67. The summed E-state index contributed by atoms with van der Waals surface area (Å²) in [7, 11) is 3.59. The van der Waals surface area contributed by atoms with Crippen LogP contribution < -0.4 is 10.6 Å². The Morgan fingerprint density at radius 3 is 2.42 bits per heavy atom. The molecule has 1 atom stereocenters. The highest BCUT2D eigenvalue weighted by Gasteiger charge is 2.19. The average Bonchev–Trinajstić information content (AvgIpc) is 2.35. The number of rotatable bonds is 6. The van der Waals surface area contributed by atoms with Crippen molar-refractivity contribution in [3.8, 4) is 0 Å². The predicted molar refractivity (Wildman–Crippen MR) is 79.8 cm³/mol. The molecule has 1 aromatic rings. The summed E-state index contributed by atoms with van der Waals surface area (Å²) >= 11 is 0. The average molecular weight is 266 g/mol. The maximum absolute atomic E-state index is 5.13. The third-order valence-corrected chi connectivity index (χ3v) is 2.74. The Hall–Kier alpha value is -1.36. The second-order valence-corrected chi connectivity index (χ2v) is 5.90. The molecule has 1 unspecified atom stereocenters. The van der Waals surface area contributed by atoms with Crippen LogP contribution in [0.3, 0.4) is 0 Å². The molecule has 5 nitrogen and oxygen atoms in total. The monoisotopic (exact) mass is 266 g/mol. The number of aromatic nitrogens is 2. The van der Waals surface area contributed by atoms with Gasteiger partial charge in [0.05, 0.1) is 6.61 Å². The molecule has 0 aromatic carbocycles. The van der Waals surface area contributed by atoms with Gasteiger partial charge >= 0.3 is 0 Å². The molecule has 2 N–H and O–H groups in total. The van der Waals surface area contributed by atoms with Crippen LogP contribution >= 0.6 is 0 Å². The van der Waals surface area contributed by atoms with Crippen LogP contribution in [0.5, 0.6) is 0 Å². The second-order valence-electron chi connectivity index (χ2n) is 5.90. The van der Waals surface area contributed by atoms with E-state index in [2.05, 4.69) is 48.3 Å². The second kappa shape index (κ2) is 6.70. The van der Waals surface area contributed by atoms with Crippen molar-refractivity contribution in [2.24, 2.45) is 5.92 Å². The zero-order valence-corrected chi connectivity index (χ0v) is 12.9. The van der Waals surface area contributed by atoms with Crippen molar-refractivity contribution in [3.63, 3.8) is 0 Å². The molecule has 0 bridgehead atoms. The maximum atomic E-state index is 5.13. The smallest absolute Gasteiger partial charge is 0.138 e. The number of hydrogen-bond donors (Lipinski definition) is 2. The molecule has 1 heterocycles. The van der Waals surface area contributed by atoms with Gasteiger partial charge in [0, 0.05) is 32.2 Å². The van der Waals surface area contributed by atoms with Crippen LogP contribution in [0.1, 0.15) is 33.5 Å². The van der Waals surface area contributed by atoms with Gasteiger partial charge in [-0.3, -0.25) is 0 Å². The molecule has 0 spiro atoms. The van der Waals surface area contributed by atoms with Crippen LogP contribution in [0, 0.1) is 5.92 Å². The highest BCUT2D eigenvalue weighted by molar-refractivity contribution is 5.47. The quantitative estimate of drug-likeness (QED) is 0.828. The number of hydrogen-bond acceptors (Lipinski definition) is 5. The fourth-order valence-electron chi connectivity index (χ4n) is 1.62. The molecule has 1 aromatic heterocycles. The normalized spacial score (nSPS) is 13.2. The van der Waals surface area contributed by atoms with E-state index in [4.69, 9.17) is 4.74 Å². The molecule has 0 fully saturated rings. The SMILES string of the molecule is CNc1cc(NCC(C)COC)nc(C(C)(C)C)n1. The summed E-state index contributed by atoms with van der Waals surface area (Å²) in [6.45, 7) is 10.0. The topological polar surface area (TPSA) is 59.1 Å². The molecule has 108 valence electrons. The summed E-state index contributed by atoms with van der Waals surface area (Å²) in [6, 6.07) is 1.93. The van der Waals surface area contributed by atoms with Gasteiger partial charge in [0.1, 0.15) is 17.5 Å². The highest BCUT2D eigenvalue weighted by Crippen LogP contribution is 2.22. The van der Waals surface area contributed by atoms with E-state index in [0.29, 0.717) is 5.92 Å². The molecular weight excluding hydrogens is 240 g/mol. The van der Waals surface area contributed by atoms with Crippen molar-refractivity contribution in [2.75, 3.05) is 37.9 Å². The van der Waals surface area contributed by atoms with Gasteiger partial charge < -0.3 is 15.4 Å². The minimum Gasteiger partial charge on any atom is -0.384 e. The zero-order valence-electron chi connectivity index (χ0n) is 12.9. The molecular formula is C14H26N4O. The van der Waals surface area contributed by atoms with Gasteiger partial charge in [-0.15, -0.1) is 0 Å². The van der Waals surface area contributed by atoms with Crippen molar-refractivity contribution in [1.29, 1.82) is 0 Å². The van der Waals surface area contributed by atoms with Crippen LogP contribution in [0.25, 0.3) is 0 Å². The number of nitrogens with zero attached hydrogens (tertiary/aromatic N) is 2. The first-order chi connectivity index (χ1) is 8.86. The van der Waals surface area contributed by atoms with Crippen LogP contribution in [0.15, 0.2) is 6.07 Å². The van der Waals surface area contributed by atoms with Crippen molar-refractivity contribution in [2.45, 2.75) is 33.1 Å². The molecule has 0 saturated carbocycles. The van der Waals surface area contributed by atoms with Gasteiger partial charge in [0.2, 0.25) is 0 Å². The van der Waals surface area contributed by atoms with E-state index in [9.17, 15) is 0 Å². The lowest BCUT2D eigenvalue weighted by molar-refractivity contribution is 0.164. The first kappa shape index (κ1) is 15.7. The van der Waals surface area contributed by atoms with Crippen LogP contribution in [0.2, 0.25) is 0 Å². The Balaban J connectivity index is 2.83. The number of methoxy groups -OCH3 is 1. The standard InChI is InChI=1S/C14H26N4O/c1-10(9-19-6)8-16-12-7-11(15-5)17-13(18-12)14(2,3)4/h7,10H,8-9H2,1-6H3,(H2,15,16,17,18). The van der Waals surface area contributed by atoms with Gasteiger partial charge in [0.25, 0.3) is 0 Å².